The topological polar surface area (TPSA) is 49.4 Å². The first-order chi connectivity index (χ1) is 12.9. The average Bonchev–Trinajstić information content (AvgIpc) is 2.64. The predicted octanol–water partition coefficient (Wildman–Crippen LogP) is 4.50. The van der Waals surface area contributed by atoms with Crippen LogP contribution in [0.1, 0.15) is 35.1 Å². The molecule has 2 aromatic rings. The van der Waals surface area contributed by atoms with Crippen LogP contribution >= 0.6 is 24.0 Å². The molecule has 1 N–H and O–H groups in total. The number of sulfonamides is 1. The number of rotatable bonds is 7. The van der Waals surface area contributed by atoms with Gasteiger partial charge in [-0.05, 0) is 74.0 Å². The third kappa shape index (κ3) is 5.71. The largest absolute Gasteiger partial charge is 0.299 e. The Bertz CT molecular complexity index is 917. The second-order valence-electron chi connectivity index (χ2n) is 7.27. The van der Waals surface area contributed by atoms with Gasteiger partial charge in [0.25, 0.3) is 0 Å². The highest BCUT2D eigenvalue weighted by atomic mass is 35.5. The first-order valence-corrected chi connectivity index (χ1v) is 11.3. The van der Waals surface area contributed by atoms with Crippen LogP contribution in [0.15, 0.2) is 41.3 Å². The lowest BCUT2D eigenvalue weighted by atomic mass is 10.00. The molecule has 0 bridgehead atoms. The Kier molecular flexibility index (Phi) is 8.34. The molecule has 154 valence electrons. The van der Waals surface area contributed by atoms with Crippen LogP contribution in [0.3, 0.4) is 0 Å². The smallest absolute Gasteiger partial charge is 0.240 e. The molecule has 0 aromatic heterocycles. The van der Waals surface area contributed by atoms with Crippen molar-refractivity contribution in [2.45, 2.75) is 44.6 Å². The Morgan fingerprint density at radius 2 is 1.79 bits per heavy atom. The van der Waals surface area contributed by atoms with Crippen LogP contribution in [0, 0.1) is 13.8 Å². The maximum atomic E-state index is 12.6. The summed E-state index contributed by atoms with van der Waals surface area (Å²) in [5.41, 5.74) is 4.31. The summed E-state index contributed by atoms with van der Waals surface area (Å²) in [6.45, 7) is 7.10. The summed E-state index contributed by atoms with van der Waals surface area (Å²) in [4.78, 5) is 2.76. The highest BCUT2D eigenvalue weighted by Crippen LogP contribution is 2.24. The van der Waals surface area contributed by atoms with E-state index in [1.165, 1.54) is 11.1 Å². The van der Waals surface area contributed by atoms with E-state index in [9.17, 15) is 8.42 Å². The summed E-state index contributed by atoms with van der Waals surface area (Å²) in [7, 11) is -3.50. The van der Waals surface area contributed by atoms with Crippen LogP contribution in [0.5, 0.6) is 0 Å². The molecule has 1 aliphatic heterocycles. The second kappa shape index (κ2) is 10.1. The number of hydrogen-bond donors (Lipinski definition) is 1. The Morgan fingerprint density at radius 3 is 2.54 bits per heavy atom. The van der Waals surface area contributed by atoms with Crippen LogP contribution in [0.4, 0.5) is 0 Å². The monoisotopic (exact) mass is 442 g/mol. The number of unbranched alkanes of at least 4 members (excludes halogenated alkanes) is 1. The maximum Gasteiger partial charge on any atom is 0.240 e. The lowest BCUT2D eigenvalue weighted by Gasteiger charge is -2.28. The molecule has 4 nitrogen and oxygen atoms in total. The molecule has 0 amide bonds. The number of hydrogen-bond acceptors (Lipinski definition) is 3. The molecule has 28 heavy (non-hydrogen) atoms. The zero-order chi connectivity index (χ0) is 19.4. The molecule has 0 unspecified atom stereocenters. The minimum atomic E-state index is -3.50. The molecule has 0 atom stereocenters. The third-order valence-corrected chi connectivity index (χ3v) is 7.16. The Hall–Kier alpha value is -1.11. The molecule has 2 aromatic carbocycles. The number of aryl methyl sites for hydroxylation is 2. The fourth-order valence-corrected chi connectivity index (χ4v) is 5.14. The number of fused-ring (bicyclic) bond motifs is 1. The van der Waals surface area contributed by atoms with E-state index in [0.29, 0.717) is 22.0 Å². The summed E-state index contributed by atoms with van der Waals surface area (Å²) >= 11 is 6.07. The quantitative estimate of drug-likeness (QED) is 0.642. The van der Waals surface area contributed by atoms with Crippen molar-refractivity contribution in [3.8, 4) is 0 Å². The van der Waals surface area contributed by atoms with Crippen LogP contribution in [0.25, 0.3) is 0 Å². The van der Waals surface area contributed by atoms with Crippen LogP contribution in [-0.4, -0.2) is 33.0 Å². The molecule has 0 saturated heterocycles. The van der Waals surface area contributed by atoms with E-state index in [-0.39, 0.29) is 12.4 Å². The standard InChI is InChI=1S/C21H27ClN2O2S.ClH/c1-16-14-21(17(2)13-20(16)22)27(25,26)23-10-5-6-11-24-12-9-18-7-3-4-8-19(18)15-24;/h3-4,7-8,13-14,23H,5-6,9-12,15H2,1-2H3;1H. The van der Waals surface area contributed by atoms with Crippen LogP contribution in [-0.2, 0) is 23.0 Å². The van der Waals surface area contributed by atoms with Gasteiger partial charge >= 0.3 is 0 Å². The molecule has 3 rings (SSSR count). The van der Waals surface area contributed by atoms with Gasteiger partial charge in [-0.3, -0.25) is 4.90 Å². The van der Waals surface area contributed by atoms with Gasteiger partial charge in [-0.1, -0.05) is 35.9 Å². The predicted molar refractivity (Wildman–Crippen MR) is 118 cm³/mol. The van der Waals surface area contributed by atoms with E-state index in [2.05, 4.69) is 33.9 Å². The van der Waals surface area contributed by atoms with Gasteiger partial charge in [0, 0.05) is 24.7 Å². The Balaban J connectivity index is 0.00000280. The Morgan fingerprint density at radius 1 is 1.07 bits per heavy atom. The van der Waals surface area contributed by atoms with E-state index in [0.717, 1.165) is 44.5 Å². The van der Waals surface area contributed by atoms with Crippen molar-refractivity contribution in [3.63, 3.8) is 0 Å². The van der Waals surface area contributed by atoms with Crippen LogP contribution < -0.4 is 4.72 Å². The summed E-state index contributed by atoms with van der Waals surface area (Å²) in [5, 5.41) is 0.592. The van der Waals surface area contributed by atoms with Crippen molar-refractivity contribution in [1.29, 1.82) is 0 Å². The molecule has 0 fully saturated rings. The minimum Gasteiger partial charge on any atom is -0.299 e. The highest BCUT2D eigenvalue weighted by molar-refractivity contribution is 7.89. The Labute approximate surface area is 179 Å². The van der Waals surface area contributed by atoms with Gasteiger partial charge in [0.15, 0.2) is 0 Å². The van der Waals surface area contributed by atoms with Gasteiger partial charge in [-0.2, -0.15) is 0 Å². The normalized spacial score (nSPS) is 14.4. The van der Waals surface area contributed by atoms with E-state index >= 15 is 0 Å². The average molecular weight is 443 g/mol. The summed E-state index contributed by atoms with van der Waals surface area (Å²) in [5.74, 6) is 0. The minimum absolute atomic E-state index is 0. The number of nitrogens with one attached hydrogen (secondary N) is 1. The van der Waals surface area contributed by atoms with Gasteiger partial charge in [-0.15, -0.1) is 12.4 Å². The number of halogens is 2. The number of benzene rings is 2. The van der Waals surface area contributed by atoms with Crippen molar-refractivity contribution in [1.82, 2.24) is 9.62 Å². The SMILES string of the molecule is Cc1cc(S(=O)(=O)NCCCCN2CCc3ccccc3C2)c(C)cc1Cl.Cl. The summed E-state index contributed by atoms with van der Waals surface area (Å²) < 4.78 is 27.8. The molecule has 0 spiro atoms. The van der Waals surface area contributed by atoms with E-state index in [1.807, 2.05) is 6.92 Å². The van der Waals surface area contributed by atoms with Gasteiger partial charge in [0.1, 0.15) is 0 Å². The van der Waals surface area contributed by atoms with Crippen molar-refractivity contribution in [3.05, 3.63) is 63.7 Å². The first-order valence-electron chi connectivity index (χ1n) is 9.42. The zero-order valence-corrected chi connectivity index (χ0v) is 18.8. The van der Waals surface area contributed by atoms with E-state index < -0.39 is 10.0 Å². The first kappa shape index (κ1) is 23.2. The van der Waals surface area contributed by atoms with Crippen molar-refractivity contribution < 1.29 is 8.42 Å². The number of nitrogens with zero attached hydrogens (tertiary/aromatic N) is 1. The molecular formula is C21H28Cl2N2O2S. The lowest BCUT2D eigenvalue weighted by Crippen LogP contribution is -2.32. The molecule has 1 aliphatic rings. The highest BCUT2D eigenvalue weighted by Gasteiger charge is 2.18. The summed E-state index contributed by atoms with van der Waals surface area (Å²) in [6.07, 6.45) is 2.89. The van der Waals surface area contributed by atoms with Gasteiger partial charge in [-0.25, -0.2) is 13.1 Å². The third-order valence-electron chi connectivity index (χ3n) is 5.15. The van der Waals surface area contributed by atoms with Crippen molar-refractivity contribution in [2.75, 3.05) is 19.6 Å². The lowest BCUT2D eigenvalue weighted by molar-refractivity contribution is 0.249. The molecule has 7 heteroatoms. The van der Waals surface area contributed by atoms with Gasteiger partial charge in [0.2, 0.25) is 10.0 Å². The van der Waals surface area contributed by atoms with E-state index in [4.69, 9.17) is 11.6 Å². The molecule has 0 radical (unpaired) electrons. The molecule has 0 saturated carbocycles. The summed E-state index contributed by atoms with van der Waals surface area (Å²) in [6, 6.07) is 12.0. The van der Waals surface area contributed by atoms with Crippen LogP contribution in [0.2, 0.25) is 5.02 Å². The maximum absolute atomic E-state index is 12.6. The van der Waals surface area contributed by atoms with Crippen molar-refractivity contribution >= 4 is 34.0 Å². The zero-order valence-electron chi connectivity index (χ0n) is 16.4. The van der Waals surface area contributed by atoms with Gasteiger partial charge in [0.05, 0.1) is 4.90 Å². The second-order valence-corrected chi connectivity index (χ2v) is 9.41. The molecule has 1 heterocycles. The van der Waals surface area contributed by atoms with Crippen molar-refractivity contribution in [2.24, 2.45) is 0 Å². The molecule has 0 aliphatic carbocycles. The molecular weight excluding hydrogens is 415 g/mol. The fraction of sp³-hybridized carbons (Fsp3) is 0.429. The fourth-order valence-electron chi connectivity index (χ4n) is 3.53. The van der Waals surface area contributed by atoms with E-state index in [1.54, 1.807) is 19.1 Å². The van der Waals surface area contributed by atoms with Gasteiger partial charge < -0.3 is 0 Å².